The summed E-state index contributed by atoms with van der Waals surface area (Å²) in [4.78, 5) is 23.0. The van der Waals surface area contributed by atoms with Crippen LogP contribution in [0.4, 0.5) is 19.1 Å². The summed E-state index contributed by atoms with van der Waals surface area (Å²) in [6.45, 7) is 1.04. The van der Waals surface area contributed by atoms with Gasteiger partial charge in [-0.05, 0) is 13.8 Å². The Labute approximate surface area is 111 Å². The van der Waals surface area contributed by atoms with Crippen molar-refractivity contribution >= 4 is 17.8 Å². The van der Waals surface area contributed by atoms with E-state index in [2.05, 4.69) is 14.4 Å². The van der Waals surface area contributed by atoms with Crippen molar-refractivity contribution in [1.82, 2.24) is 10.5 Å². The van der Waals surface area contributed by atoms with Crippen LogP contribution in [0.5, 0.6) is 0 Å². The molecule has 1 atom stereocenters. The number of nitrogen functional groups attached to an aromatic ring is 1. The molecular weight excluding hydrogens is 283 g/mol. The first-order valence-electron chi connectivity index (χ1n) is 5.39. The Bertz CT molecular complexity index is 493. The van der Waals surface area contributed by atoms with Gasteiger partial charge in [0.1, 0.15) is 12.1 Å². The Morgan fingerprint density at radius 2 is 2.10 bits per heavy atom. The van der Waals surface area contributed by atoms with Crippen LogP contribution in [-0.2, 0) is 9.53 Å². The topological polar surface area (TPSA) is 107 Å². The number of hydrogen-bond acceptors (Lipinski definition) is 6. The van der Waals surface area contributed by atoms with Crippen LogP contribution in [0.1, 0.15) is 23.0 Å². The molecule has 0 spiro atoms. The molecule has 0 aliphatic carbocycles. The summed E-state index contributed by atoms with van der Waals surface area (Å²) >= 11 is 0. The number of hydrogen-bond donors (Lipinski definition) is 2. The second-order valence-electron chi connectivity index (χ2n) is 3.89. The van der Waals surface area contributed by atoms with E-state index in [1.807, 2.05) is 0 Å². The zero-order chi connectivity index (χ0) is 15.5. The molecule has 0 aliphatic rings. The molecule has 112 valence electrons. The number of rotatable bonds is 4. The monoisotopic (exact) mass is 295 g/mol. The predicted molar refractivity (Wildman–Crippen MR) is 59.6 cm³/mol. The number of carbonyl (C=O) groups excluding carboxylic acids is 2. The molecule has 1 unspecified atom stereocenters. The number of nitrogens with zero attached hydrogens (tertiary/aromatic N) is 1. The molecule has 7 nitrogen and oxygen atoms in total. The highest BCUT2D eigenvalue weighted by Gasteiger charge is 2.30. The van der Waals surface area contributed by atoms with Crippen molar-refractivity contribution < 1.29 is 32.0 Å². The van der Waals surface area contributed by atoms with Gasteiger partial charge < -0.3 is 20.3 Å². The molecule has 0 bridgehead atoms. The van der Waals surface area contributed by atoms with E-state index in [0.717, 1.165) is 6.92 Å². The van der Waals surface area contributed by atoms with E-state index in [-0.39, 0.29) is 17.1 Å². The number of aromatic nitrogens is 1. The maximum absolute atomic E-state index is 11.9. The summed E-state index contributed by atoms with van der Waals surface area (Å²) in [6.07, 6.45) is -5.96. The number of nitrogens with two attached hydrogens (primary N) is 1. The molecular formula is C10H12F3N3O4. The Hall–Kier alpha value is -2.26. The lowest BCUT2D eigenvalue weighted by Crippen LogP contribution is -2.40. The number of aryl methyl sites for hydroxylation is 1. The Balaban J connectivity index is 2.60. The van der Waals surface area contributed by atoms with Gasteiger partial charge in [0.15, 0.2) is 6.10 Å². The zero-order valence-corrected chi connectivity index (χ0v) is 10.6. The van der Waals surface area contributed by atoms with Crippen LogP contribution >= 0.6 is 0 Å². The van der Waals surface area contributed by atoms with Crippen molar-refractivity contribution in [2.75, 3.05) is 12.3 Å². The number of alkyl halides is 3. The van der Waals surface area contributed by atoms with Gasteiger partial charge >= 0.3 is 12.1 Å². The summed E-state index contributed by atoms with van der Waals surface area (Å²) in [5, 5.41) is 5.00. The van der Waals surface area contributed by atoms with Gasteiger partial charge in [-0.15, -0.1) is 0 Å². The van der Waals surface area contributed by atoms with E-state index >= 15 is 0 Å². The summed E-state index contributed by atoms with van der Waals surface area (Å²) in [7, 11) is 0. The van der Waals surface area contributed by atoms with Crippen LogP contribution in [0.3, 0.4) is 0 Å². The minimum Gasteiger partial charge on any atom is -0.449 e. The standard InChI is InChI=1S/C10H12F3N3O4/c1-4-6(7(14)20-16-4)9(18)19-5(2)8(17)15-3-10(11,12)13/h5H,3,14H2,1-2H3,(H,15,17). The van der Waals surface area contributed by atoms with Crippen molar-refractivity contribution in [1.29, 1.82) is 0 Å². The Kier molecular flexibility index (Phi) is 4.58. The first-order chi connectivity index (χ1) is 9.11. The van der Waals surface area contributed by atoms with E-state index in [1.165, 1.54) is 6.92 Å². The highest BCUT2D eigenvalue weighted by molar-refractivity contribution is 5.96. The number of amides is 1. The van der Waals surface area contributed by atoms with Crippen LogP contribution in [0.25, 0.3) is 0 Å². The molecule has 1 aromatic heterocycles. The minimum atomic E-state index is -4.55. The summed E-state index contributed by atoms with van der Waals surface area (Å²) in [5.74, 6) is -2.38. The van der Waals surface area contributed by atoms with Crippen molar-refractivity contribution in [3.8, 4) is 0 Å². The number of ether oxygens (including phenoxy) is 1. The molecule has 0 aliphatic heterocycles. The number of halogens is 3. The number of carbonyl (C=O) groups is 2. The van der Waals surface area contributed by atoms with Gasteiger partial charge in [0.05, 0.1) is 5.69 Å². The summed E-state index contributed by atoms with van der Waals surface area (Å²) in [6, 6.07) is 0. The lowest BCUT2D eigenvalue weighted by molar-refractivity contribution is -0.143. The zero-order valence-electron chi connectivity index (χ0n) is 10.6. The highest BCUT2D eigenvalue weighted by atomic mass is 19.4. The van der Waals surface area contributed by atoms with Gasteiger partial charge in [0.2, 0.25) is 5.88 Å². The Morgan fingerprint density at radius 1 is 1.50 bits per heavy atom. The van der Waals surface area contributed by atoms with Gasteiger partial charge in [0.25, 0.3) is 5.91 Å². The van der Waals surface area contributed by atoms with E-state index in [1.54, 1.807) is 5.32 Å². The number of anilines is 1. The average Bonchev–Trinajstić information content (AvgIpc) is 2.64. The van der Waals surface area contributed by atoms with Crippen molar-refractivity contribution in [3.63, 3.8) is 0 Å². The third-order valence-corrected chi connectivity index (χ3v) is 2.21. The molecule has 1 heterocycles. The van der Waals surface area contributed by atoms with E-state index < -0.39 is 30.7 Å². The fourth-order valence-corrected chi connectivity index (χ4v) is 1.24. The van der Waals surface area contributed by atoms with Crippen molar-refractivity contribution in [2.45, 2.75) is 26.1 Å². The van der Waals surface area contributed by atoms with Gasteiger partial charge in [-0.1, -0.05) is 5.16 Å². The van der Waals surface area contributed by atoms with E-state index in [9.17, 15) is 22.8 Å². The molecule has 1 rings (SSSR count). The molecule has 1 amide bonds. The lowest BCUT2D eigenvalue weighted by atomic mass is 10.2. The van der Waals surface area contributed by atoms with Gasteiger partial charge in [-0.25, -0.2) is 4.79 Å². The smallest absolute Gasteiger partial charge is 0.405 e. The van der Waals surface area contributed by atoms with Crippen LogP contribution in [0.15, 0.2) is 4.52 Å². The molecule has 1 aromatic rings. The van der Waals surface area contributed by atoms with Crippen molar-refractivity contribution in [2.24, 2.45) is 0 Å². The van der Waals surface area contributed by atoms with Crippen LogP contribution in [0.2, 0.25) is 0 Å². The molecule has 0 fully saturated rings. The average molecular weight is 295 g/mol. The van der Waals surface area contributed by atoms with Crippen LogP contribution in [-0.4, -0.2) is 35.9 Å². The molecule has 0 saturated heterocycles. The predicted octanol–water partition coefficient (Wildman–Crippen LogP) is 0.789. The van der Waals surface area contributed by atoms with Crippen molar-refractivity contribution in [3.05, 3.63) is 11.3 Å². The largest absolute Gasteiger partial charge is 0.449 e. The third-order valence-electron chi connectivity index (χ3n) is 2.21. The SMILES string of the molecule is Cc1noc(N)c1C(=O)OC(C)C(=O)NCC(F)(F)F. The van der Waals surface area contributed by atoms with E-state index in [0.29, 0.717) is 0 Å². The number of nitrogens with one attached hydrogen (secondary N) is 1. The van der Waals surface area contributed by atoms with Crippen LogP contribution < -0.4 is 11.1 Å². The molecule has 20 heavy (non-hydrogen) atoms. The lowest BCUT2D eigenvalue weighted by Gasteiger charge is -2.14. The normalized spacial score (nSPS) is 12.8. The third kappa shape index (κ3) is 4.14. The number of esters is 1. The Morgan fingerprint density at radius 3 is 2.55 bits per heavy atom. The van der Waals surface area contributed by atoms with Crippen LogP contribution in [0, 0.1) is 6.92 Å². The quantitative estimate of drug-likeness (QED) is 0.795. The fraction of sp³-hybridized carbons (Fsp3) is 0.500. The van der Waals surface area contributed by atoms with Gasteiger partial charge in [-0.3, -0.25) is 4.79 Å². The summed E-state index contributed by atoms with van der Waals surface area (Å²) in [5.41, 5.74) is 5.31. The van der Waals surface area contributed by atoms with Gasteiger partial charge in [0, 0.05) is 0 Å². The first-order valence-corrected chi connectivity index (χ1v) is 5.39. The fourth-order valence-electron chi connectivity index (χ4n) is 1.24. The second kappa shape index (κ2) is 5.80. The highest BCUT2D eigenvalue weighted by Crippen LogP contribution is 2.17. The molecule has 0 aromatic carbocycles. The maximum Gasteiger partial charge on any atom is 0.405 e. The maximum atomic E-state index is 11.9. The van der Waals surface area contributed by atoms with E-state index in [4.69, 9.17) is 5.73 Å². The van der Waals surface area contributed by atoms with Gasteiger partial charge in [-0.2, -0.15) is 13.2 Å². The second-order valence-corrected chi connectivity index (χ2v) is 3.89. The molecule has 3 N–H and O–H groups in total. The first kappa shape index (κ1) is 15.8. The summed E-state index contributed by atoms with van der Waals surface area (Å²) < 4.78 is 44.9. The molecule has 10 heteroatoms. The minimum absolute atomic E-state index is 0.149. The molecule has 0 saturated carbocycles. The molecule has 0 radical (unpaired) electrons.